The molecule has 4 aromatic heterocycles. The molecule has 26 nitrogen and oxygen atoms in total. The van der Waals surface area contributed by atoms with Gasteiger partial charge in [-0.1, -0.05) is 93.9 Å². The van der Waals surface area contributed by atoms with Gasteiger partial charge in [-0.05, 0) is 153 Å². The number of piperazine rings is 2. The number of nitrogens with zero attached hydrogens (tertiary/aromatic N) is 16. The zero-order chi connectivity index (χ0) is 73.7. The maximum Gasteiger partial charge on any atom is 0.350 e. The molecule has 0 saturated carbocycles. The lowest BCUT2D eigenvalue weighted by Crippen LogP contribution is -2.44. The van der Waals surface area contributed by atoms with E-state index in [-0.39, 0.29) is 35.7 Å². The van der Waals surface area contributed by atoms with Gasteiger partial charge in [0.15, 0.2) is 0 Å². The SMILES string of the molecule is C[C@H](O)[C@H](C)n1ncn(-c2ccc(N3CCN(C)CC3)cc2)c1=O.C[C@H]([C@@H](C)O)n1ncn(-c2ccc(N3CCN(C)CC3)cc2)c1=O.Cc1ccc(OC[C@H]2CO[C@](Cn3cncn3)(c3ccc(Cl)cc3Cl)O2)cc1.Cc1ccc(OC[C@H]2CO[C@](Cn3cncn3)(c3ccc(Cl)cc3Cl)O2)cc1. The Kier molecular flexibility index (Phi) is 25.8. The highest BCUT2D eigenvalue weighted by atomic mass is 35.5. The van der Waals surface area contributed by atoms with Crippen molar-refractivity contribution in [1.29, 1.82) is 0 Å². The van der Waals surface area contributed by atoms with E-state index in [1.165, 1.54) is 66.3 Å². The average Bonchev–Trinajstić information content (AvgIpc) is 1.59. The summed E-state index contributed by atoms with van der Waals surface area (Å²) >= 11 is 25.0. The second-order valence-electron chi connectivity index (χ2n) is 26.3. The standard InChI is InChI=1S/2C20H19Cl2N3O3.2C17H25N5O2/c2*1-14-2-5-16(6-3-14)26-9-17-10-27-20(28-17,11-25-13-23-12-24-25)18-7-4-15(21)8-19(18)22;2*1-13(14(2)23)22-17(24)21(12-18-22)16-6-4-15(5-7-16)20-10-8-19(3)9-11-20/h2*2-8,12-13,17H,9-11H2,1H3;2*4-7,12-14,23H,8-11H2,1-3H3/t2*17-,20-;2*13-,14-/m0010/s1. The second kappa shape index (κ2) is 35.1. The Morgan fingerprint density at radius 2 is 0.837 bits per heavy atom. The number of aliphatic hydroxyl groups is 2. The first-order valence-electron chi connectivity index (χ1n) is 34.4. The van der Waals surface area contributed by atoms with Gasteiger partial charge in [0.25, 0.3) is 0 Å². The number of benzene rings is 6. The van der Waals surface area contributed by atoms with Crippen molar-refractivity contribution in [1.82, 2.24) is 68.0 Å². The van der Waals surface area contributed by atoms with Crippen LogP contribution in [0.15, 0.2) is 181 Å². The summed E-state index contributed by atoms with van der Waals surface area (Å²) in [4.78, 5) is 42.3. The third kappa shape index (κ3) is 19.3. The minimum atomic E-state index is -1.10. The fourth-order valence-corrected chi connectivity index (χ4v) is 13.0. The summed E-state index contributed by atoms with van der Waals surface area (Å²) in [6.45, 7) is 21.3. The van der Waals surface area contributed by atoms with E-state index < -0.39 is 23.8 Å². The van der Waals surface area contributed by atoms with Gasteiger partial charge in [0.1, 0.15) is 88.0 Å². The summed E-state index contributed by atoms with van der Waals surface area (Å²) in [5.74, 6) is -0.632. The third-order valence-electron chi connectivity index (χ3n) is 18.5. The quantitative estimate of drug-likeness (QED) is 0.0720. The zero-order valence-corrected chi connectivity index (χ0v) is 62.4. The van der Waals surface area contributed by atoms with Crippen LogP contribution >= 0.6 is 46.4 Å². The maximum atomic E-state index is 12.5. The highest BCUT2D eigenvalue weighted by molar-refractivity contribution is 6.35. The van der Waals surface area contributed by atoms with Gasteiger partial charge in [-0.25, -0.2) is 47.4 Å². The van der Waals surface area contributed by atoms with E-state index in [9.17, 15) is 19.8 Å². The normalized spacial score (nSPS) is 20.3. The van der Waals surface area contributed by atoms with Crippen LogP contribution in [0.4, 0.5) is 11.4 Å². The number of aromatic nitrogens is 12. The second-order valence-corrected chi connectivity index (χ2v) is 28.0. The van der Waals surface area contributed by atoms with Gasteiger partial charge >= 0.3 is 11.4 Å². The van der Waals surface area contributed by atoms with Crippen LogP contribution in [0.25, 0.3) is 11.4 Å². The summed E-state index contributed by atoms with van der Waals surface area (Å²) in [5.41, 5.74) is 7.15. The predicted molar refractivity (Wildman–Crippen MR) is 399 cm³/mol. The minimum Gasteiger partial charge on any atom is -0.491 e. The summed E-state index contributed by atoms with van der Waals surface area (Å²) in [5, 5.41) is 37.9. The number of hydrogen-bond acceptors (Lipinski definition) is 20. The van der Waals surface area contributed by atoms with Gasteiger partial charge < -0.3 is 58.2 Å². The van der Waals surface area contributed by atoms with Crippen molar-refractivity contribution in [3.63, 3.8) is 0 Å². The van der Waals surface area contributed by atoms with Crippen molar-refractivity contribution in [3.05, 3.63) is 235 Å². The predicted octanol–water partition coefficient (Wildman–Crippen LogP) is 9.94. The van der Waals surface area contributed by atoms with Crippen molar-refractivity contribution < 1.29 is 38.6 Å². The molecule has 4 saturated heterocycles. The highest BCUT2D eigenvalue weighted by Crippen LogP contribution is 2.42. The molecular formula is C74H88Cl4N16O10. The van der Waals surface area contributed by atoms with Crippen LogP contribution in [0, 0.1) is 13.8 Å². The van der Waals surface area contributed by atoms with Crippen LogP contribution < -0.4 is 30.7 Å². The number of aryl methyl sites for hydroxylation is 2. The van der Waals surface area contributed by atoms with E-state index in [1.54, 1.807) is 74.0 Å². The molecule has 104 heavy (non-hydrogen) atoms. The fourth-order valence-electron chi connectivity index (χ4n) is 11.9. The molecule has 8 atom stereocenters. The molecule has 14 rings (SSSR count). The Labute approximate surface area is 623 Å². The van der Waals surface area contributed by atoms with Crippen molar-refractivity contribution in [3.8, 4) is 22.9 Å². The van der Waals surface area contributed by atoms with Gasteiger partial charge in [0.05, 0.1) is 58.9 Å². The molecule has 0 spiro atoms. The molecular weight excluding hydrogens is 1410 g/mol. The van der Waals surface area contributed by atoms with E-state index >= 15 is 0 Å². The van der Waals surface area contributed by atoms with Crippen LogP contribution in [0.5, 0.6) is 11.5 Å². The molecule has 4 aliphatic rings. The molecule has 552 valence electrons. The summed E-state index contributed by atoms with van der Waals surface area (Å²) < 4.78 is 45.5. The Bertz CT molecular complexity index is 4170. The van der Waals surface area contributed by atoms with Crippen LogP contribution in [0.3, 0.4) is 0 Å². The number of aliphatic hydroxyl groups excluding tert-OH is 2. The summed E-state index contributed by atoms with van der Waals surface area (Å²) in [7, 11) is 4.28. The monoisotopic (exact) mass is 1500 g/mol. The lowest BCUT2D eigenvalue weighted by atomic mass is 10.1. The highest BCUT2D eigenvalue weighted by Gasteiger charge is 2.47. The van der Waals surface area contributed by atoms with E-state index in [1.807, 2.05) is 123 Å². The zero-order valence-electron chi connectivity index (χ0n) is 59.4. The average molecular weight is 1500 g/mol. The number of halogens is 4. The number of rotatable bonds is 20. The van der Waals surface area contributed by atoms with E-state index in [0.717, 1.165) is 75.2 Å². The molecule has 4 fully saturated rings. The molecule has 30 heteroatoms. The molecule has 8 heterocycles. The van der Waals surface area contributed by atoms with E-state index in [4.69, 9.17) is 74.8 Å². The van der Waals surface area contributed by atoms with Gasteiger partial charge in [0.2, 0.25) is 11.6 Å². The van der Waals surface area contributed by atoms with Crippen LogP contribution in [-0.2, 0) is 43.6 Å². The van der Waals surface area contributed by atoms with Crippen LogP contribution in [0.2, 0.25) is 20.1 Å². The Balaban J connectivity index is 0.000000139. The lowest BCUT2D eigenvalue weighted by molar-refractivity contribution is -0.191. The van der Waals surface area contributed by atoms with Crippen molar-refractivity contribution >= 4 is 57.8 Å². The third-order valence-corrected chi connectivity index (χ3v) is 19.6. The van der Waals surface area contributed by atoms with Crippen molar-refractivity contribution in [2.24, 2.45) is 0 Å². The Hall–Kier alpha value is -8.48. The van der Waals surface area contributed by atoms with Crippen LogP contribution in [-0.4, -0.2) is 196 Å². The summed E-state index contributed by atoms with van der Waals surface area (Å²) in [6, 6.07) is 41.4. The Morgan fingerprint density at radius 3 is 1.16 bits per heavy atom. The maximum absolute atomic E-state index is 12.5. The topological polar surface area (TPSA) is 250 Å². The molecule has 0 bridgehead atoms. The van der Waals surface area contributed by atoms with E-state index in [2.05, 4.69) is 64.1 Å². The lowest BCUT2D eigenvalue weighted by Gasteiger charge is -2.34. The number of anilines is 2. The molecule has 4 aliphatic heterocycles. The molecule has 0 aliphatic carbocycles. The molecule has 6 aromatic carbocycles. The number of ether oxygens (including phenoxy) is 6. The van der Waals surface area contributed by atoms with Crippen molar-refractivity contribution in [2.75, 3.05) is 103 Å². The smallest absolute Gasteiger partial charge is 0.350 e. The van der Waals surface area contributed by atoms with Crippen molar-refractivity contribution in [2.45, 2.75) is 103 Å². The molecule has 0 amide bonds. The van der Waals surface area contributed by atoms with Crippen LogP contribution in [0.1, 0.15) is 62.0 Å². The molecule has 2 N–H and O–H groups in total. The van der Waals surface area contributed by atoms with Gasteiger partial charge in [0, 0.05) is 84.9 Å². The first kappa shape index (κ1) is 76.6. The minimum absolute atomic E-state index is 0.240. The van der Waals surface area contributed by atoms with Gasteiger partial charge in [-0.3, -0.25) is 0 Å². The first-order chi connectivity index (χ1) is 50.0. The number of likely N-dealkylation sites (N-methyl/N-ethyl adjacent to an activating group) is 2. The first-order valence-corrected chi connectivity index (χ1v) is 35.9. The van der Waals surface area contributed by atoms with E-state index in [0.29, 0.717) is 70.7 Å². The fraction of sp³-hybridized carbons (Fsp3) is 0.405. The largest absolute Gasteiger partial charge is 0.491 e. The summed E-state index contributed by atoms with van der Waals surface area (Å²) in [6.07, 6.45) is 7.35. The molecule has 0 radical (unpaired) electrons. The molecule has 0 unspecified atom stereocenters. The van der Waals surface area contributed by atoms with Gasteiger partial charge in [-0.15, -0.1) is 0 Å². The Morgan fingerprint density at radius 1 is 0.481 bits per heavy atom. The molecule has 10 aromatic rings. The van der Waals surface area contributed by atoms with Gasteiger partial charge in [-0.2, -0.15) is 20.4 Å². The number of hydrogen-bond donors (Lipinski definition) is 2.